The lowest BCUT2D eigenvalue weighted by molar-refractivity contribution is -0.711. The Labute approximate surface area is 124 Å². The van der Waals surface area contributed by atoms with Crippen LogP contribution in [-0.4, -0.2) is 5.91 Å². The third-order valence-corrected chi connectivity index (χ3v) is 3.63. The molecule has 4 nitrogen and oxygen atoms in total. The lowest BCUT2D eigenvalue weighted by Gasteiger charge is -2.11. The number of benzene rings is 1. The fraction of sp³-hybridized carbons (Fsp3) is 0.235. The van der Waals surface area contributed by atoms with E-state index in [1.54, 1.807) is 24.3 Å². The molecule has 0 spiro atoms. The van der Waals surface area contributed by atoms with Crippen LogP contribution >= 0.6 is 0 Å². The zero-order valence-corrected chi connectivity index (χ0v) is 12.4. The van der Waals surface area contributed by atoms with Gasteiger partial charge in [-0.15, -0.1) is 0 Å². The first kappa shape index (κ1) is 14.7. The van der Waals surface area contributed by atoms with Crippen molar-refractivity contribution in [2.45, 2.75) is 26.8 Å². The summed E-state index contributed by atoms with van der Waals surface area (Å²) >= 11 is 0. The van der Waals surface area contributed by atoms with Gasteiger partial charge in [0.1, 0.15) is 0 Å². The number of hydrogen-bond donors (Lipinski definition) is 1. The number of aromatic nitrogens is 1. The van der Waals surface area contributed by atoms with E-state index in [4.69, 9.17) is 5.26 Å². The maximum atomic E-state index is 12.3. The number of nitrogens with zero attached hydrogens (tertiary/aromatic N) is 2. The maximum Gasteiger partial charge on any atom is 0.293 e. The van der Waals surface area contributed by atoms with Crippen molar-refractivity contribution in [1.82, 2.24) is 0 Å². The molecule has 0 radical (unpaired) electrons. The summed E-state index contributed by atoms with van der Waals surface area (Å²) < 4.78 is 1.95. The van der Waals surface area contributed by atoms with Gasteiger partial charge in [0.15, 0.2) is 11.9 Å². The van der Waals surface area contributed by atoms with Gasteiger partial charge in [-0.1, -0.05) is 0 Å². The first-order valence-corrected chi connectivity index (χ1v) is 6.81. The van der Waals surface area contributed by atoms with E-state index in [-0.39, 0.29) is 11.9 Å². The minimum absolute atomic E-state index is 0.0848. The van der Waals surface area contributed by atoms with E-state index in [9.17, 15) is 4.79 Å². The summed E-state index contributed by atoms with van der Waals surface area (Å²) in [5.41, 5.74) is 3.48. The molecule has 2 aromatic rings. The third-order valence-electron chi connectivity index (χ3n) is 3.63. The molecule has 0 saturated carbocycles. The maximum absolute atomic E-state index is 12.3. The van der Waals surface area contributed by atoms with Crippen molar-refractivity contribution in [2.75, 3.05) is 5.32 Å². The van der Waals surface area contributed by atoms with Crippen LogP contribution in [0.2, 0.25) is 0 Å². The van der Waals surface area contributed by atoms with Crippen molar-refractivity contribution in [1.29, 1.82) is 5.26 Å². The second-order valence-electron chi connectivity index (χ2n) is 5.04. The molecule has 1 amide bonds. The van der Waals surface area contributed by atoms with Crippen molar-refractivity contribution < 1.29 is 9.36 Å². The first-order valence-electron chi connectivity index (χ1n) is 6.81. The van der Waals surface area contributed by atoms with E-state index in [1.807, 2.05) is 43.7 Å². The molecule has 21 heavy (non-hydrogen) atoms. The Hall–Kier alpha value is -2.67. The van der Waals surface area contributed by atoms with Gasteiger partial charge in [0, 0.05) is 31.2 Å². The van der Waals surface area contributed by atoms with Crippen LogP contribution in [0.15, 0.2) is 42.6 Å². The first-order chi connectivity index (χ1) is 10.0. The van der Waals surface area contributed by atoms with Crippen LogP contribution in [0.1, 0.15) is 29.8 Å². The Kier molecular flexibility index (Phi) is 4.34. The zero-order valence-electron chi connectivity index (χ0n) is 12.4. The van der Waals surface area contributed by atoms with E-state index in [0.717, 1.165) is 11.3 Å². The van der Waals surface area contributed by atoms with E-state index in [0.29, 0.717) is 11.3 Å². The van der Waals surface area contributed by atoms with Crippen LogP contribution in [0, 0.1) is 25.2 Å². The van der Waals surface area contributed by atoms with Gasteiger partial charge < -0.3 is 5.32 Å². The summed E-state index contributed by atoms with van der Waals surface area (Å²) in [4.78, 5) is 12.3. The van der Waals surface area contributed by atoms with Gasteiger partial charge in [0.25, 0.3) is 5.91 Å². The highest BCUT2D eigenvalue weighted by Crippen LogP contribution is 2.11. The molecule has 0 fully saturated rings. The van der Waals surface area contributed by atoms with Gasteiger partial charge in [0.2, 0.25) is 6.04 Å². The van der Waals surface area contributed by atoms with Crippen LogP contribution in [0.5, 0.6) is 0 Å². The highest BCUT2D eigenvalue weighted by Gasteiger charge is 2.24. The molecule has 0 unspecified atom stereocenters. The van der Waals surface area contributed by atoms with Crippen molar-refractivity contribution in [3.8, 4) is 6.07 Å². The molecule has 1 aromatic carbocycles. The average molecular weight is 280 g/mol. The topological polar surface area (TPSA) is 56.8 Å². The molecule has 106 valence electrons. The Bertz CT molecular complexity index is 699. The number of carbonyl (C=O) groups excluding carboxylic acids is 1. The number of hydrogen-bond acceptors (Lipinski definition) is 2. The fourth-order valence-electron chi connectivity index (χ4n) is 2.14. The van der Waals surface area contributed by atoms with Gasteiger partial charge >= 0.3 is 0 Å². The normalized spacial score (nSPS) is 11.5. The number of carbonyl (C=O) groups is 1. The minimum atomic E-state index is -0.305. The lowest BCUT2D eigenvalue weighted by atomic mass is 10.2. The standard InChI is InChI=1S/C17H17N3O/c1-12-5-4-10-20(13(12)2)14(3)17(21)19-16-8-6-15(11-18)7-9-16/h4-10,14H,1-3H3/p+1/t14-/m0/s1. The molecule has 4 heteroatoms. The highest BCUT2D eigenvalue weighted by molar-refractivity contribution is 5.92. The van der Waals surface area contributed by atoms with Crippen LogP contribution in [-0.2, 0) is 4.79 Å². The largest absolute Gasteiger partial charge is 0.320 e. The van der Waals surface area contributed by atoms with Gasteiger partial charge in [-0.3, -0.25) is 4.79 Å². The molecule has 1 atom stereocenters. The Balaban J connectivity index is 2.15. The average Bonchev–Trinajstić information content (AvgIpc) is 2.50. The second-order valence-corrected chi connectivity index (χ2v) is 5.04. The van der Waals surface area contributed by atoms with Gasteiger partial charge in [-0.25, -0.2) is 0 Å². The van der Waals surface area contributed by atoms with Crippen LogP contribution in [0.25, 0.3) is 0 Å². The predicted molar refractivity (Wildman–Crippen MR) is 80.6 cm³/mol. The van der Waals surface area contributed by atoms with Crippen LogP contribution in [0.4, 0.5) is 5.69 Å². The van der Waals surface area contributed by atoms with Crippen molar-refractivity contribution in [3.05, 3.63) is 59.4 Å². The smallest absolute Gasteiger partial charge is 0.293 e. The fourth-order valence-corrected chi connectivity index (χ4v) is 2.14. The zero-order chi connectivity index (χ0) is 15.4. The molecule has 2 rings (SSSR count). The number of anilines is 1. The summed E-state index contributed by atoms with van der Waals surface area (Å²) in [6.45, 7) is 5.89. The van der Waals surface area contributed by atoms with Crippen LogP contribution in [0.3, 0.4) is 0 Å². The molecule has 1 heterocycles. The summed E-state index contributed by atoms with van der Waals surface area (Å²) in [5, 5.41) is 11.6. The summed E-state index contributed by atoms with van der Waals surface area (Å²) in [5.74, 6) is -0.0848. The van der Waals surface area contributed by atoms with Crippen molar-refractivity contribution >= 4 is 11.6 Å². The third kappa shape index (κ3) is 3.26. The summed E-state index contributed by atoms with van der Waals surface area (Å²) in [6, 6.07) is 12.5. The number of pyridine rings is 1. The second kappa shape index (κ2) is 6.19. The van der Waals surface area contributed by atoms with Gasteiger partial charge in [0.05, 0.1) is 11.6 Å². The number of nitrogens with one attached hydrogen (secondary N) is 1. The minimum Gasteiger partial charge on any atom is -0.320 e. The Morgan fingerprint density at radius 1 is 1.24 bits per heavy atom. The lowest BCUT2D eigenvalue weighted by Crippen LogP contribution is -2.47. The van der Waals surface area contributed by atoms with E-state index < -0.39 is 0 Å². The quantitative estimate of drug-likeness (QED) is 0.879. The summed E-state index contributed by atoms with van der Waals surface area (Å²) in [7, 11) is 0. The molecule has 1 aromatic heterocycles. The highest BCUT2D eigenvalue weighted by atomic mass is 16.2. The molecular weight excluding hydrogens is 262 g/mol. The van der Waals surface area contributed by atoms with Crippen molar-refractivity contribution in [2.24, 2.45) is 0 Å². The predicted octanol–water partition coefficient (Wildman–Crippen LogP) is 2.66. The number of rotatable bonds is 3. The molecule has 1 N–H and O–H groups in total. The molecule has 0 aliphatic rings. The Morgan fingerprint density at radius 2 is 1.90 bits per heavy atom. The SMILES string of the molecule is Cc1ccc[n+]([C@@H](C)C(=O)Nc2ccc(C#N)cc2)c1C. The van der Waals surface area contributed by atoms with Gasteiger partial charge in [-0.05, 0) is 37.3 Å². The molecule has 0 saturated heterocycles. The number of amides is 1. The summed E-state index contributed by atoms with van der Waals surface area (Å²) in [6.07, 6.45) is 1.91. The molecule has 0 bridgehead atoms. The van der Waals surface area contributed by atoms with E-state index in [1.165, 1.54) is 0 Å². The van der Waals surface area contributed by atoms with Crippen LogP contribution < -0.4 is 9.88 Å². The molecule has 0 aliphatic heterocycles. The van der Waals surface area contributed by atoms with E-state index >= 15 is 0 Å². The van der Waals surface area contributed by atoms with Gasteiger partial charge in [-0.2, -0.15) is 9.83 Å². The monoisotopic (exact) mass is 280 g/mol. The molecule has 0 aliphatic carbocycles. The number of nitriles is 1. The Morgan fingerprint density at radius 3 is 2.52 bits per heavy atom. The number of aryl methyl sites for hydroxylation is 1. The molecular formula is C17H18N3O+. The van der Waals surface area contributed by atoms with E-state index in [2.05, 4.69) is 11.4 Å². The van der Waals surface area contributed by atoms with Crippen molar-refractivity contribution in [3.63, 3.8) is 0 Å².